The Balaban J connectivity index is 3.54. The molecule has 90 valence electrons. The van der Waals surface area contributed by atoms with Crippen LogP contribution in [0.5, 0.6) is 0 Å². The van der Waals surface area contributed by atoms with Crippen LogP contribution in [0.15, 0.2) is 0 Å². The smallest absolute Gasteiger partial charge is 0.337 e. The molecule has 1 atom stereocenters. The van der Waals surface area contributed by atoms with Gasteiger partial charge in [-0.25, -0.2) is 4.79 Å². The average Bonchev–Trinajstić information content (AvgIpc) is 2.13. The van der Waals surface area contributed by atoms with Crippen molar-refractivity contribution in [3.63, 3.8) is 0 Å². The van der Waals surface area contributed by atoms with Crippen LogP contribution < -0.4 is 10.6 Å². The van der Waals surface area contributed by atoms with Crippen molar-refractivity contribution in [3.8, 4) is 0 Å². The summed E-state index contributed by atoms with van der Waals surface area (Å²) in [4.78, 5) is 10.7. The molecule has 2 amide bonds. The van der Waals surface area contributed by atoms with Gasteiger partial charge in [0.15, 0.2) is 0 Å². The maximum absolute atomic E-state index is 11.6. The van der Waals surface area contributed by atoms with Crippen LogP contribution >= 0.6 is 0 Å². The summed E-state index contributed by atoms with van der Waals surface area (Å²) in [5, 5.41) is 3.82. The van der Waals surface area contributed by atoms with E-state index in [-0.39, 0.29) is 12.3 Å². The predicted octanol–water partition coefficient (Wildman–Crippen LogP) is 0.617. The molecule has 8 heteroatoms. The summed E-state index contributed by atoms with van der Waals surface area (Å²) in [6, 6.07) is -0.902. The number of halogens is 3. The molecule has 0 spiro atoms. The van der Waals surface area contributed by atoms with Crippen LogP contribution in [-0.2, 0) is 10.8 Å². The van der Waals surface area contributed by atoms with E-state index >= 15 is 0 Å². The molecule has 0 radical (unpaired) electrons. The summed E-state index contributed by atoms with van der Waals surface area (Å²) in [5.41, 5.74) is 0. The lowest BCUT2D eigenvalue weighted by Crippen LogP contribution is -2.42. The van der Waals surface area contributed by atoms with E-state index in [1.165, 1.54) is 0 Å². The number of hydrogen-bond donors (Lipinski definition) is 2. The summed E-state index contributed by atoms with van der Waals surface area (Å²) in [7, 11) is -1.03. The Bertz CT molecular complexity index is 233. The minimum absolute atomic E-state index is 0.101. The monoisotopic (exact) mass is 246 g/mol. The number of hydrogen-bond acceptors (Lipinski definition) is 2. The molecule has 0 aliphatic rings. The molecule has 0 aromatic rings. The normalized spacial score (nSPS) is 13.3. The Morgan fingerprint density at radius 1 is 1.33 bits per heavy atom. The minimum Gasteiger partial charge on any atom is -0.337 e. The molecular formula is C7H13F3N2O2S. The molecule has 0 bridgehead atoms. The average molecular weight is 246 g/mol. The third kappa shape index (κ3) is 9.51. The molecule has 0 fully saturated rings. The molecule has 15 heavy (non-hydrogen) atoms. The fraction of sp³-hybridized carbons (Fsp3) is 0.857. The molecule has 0 aromatic carbocycles. The Labute approximate surface area is 88.1 Å². The molecule has 0 heterocycles. The SMILES string of the molecule is CCS(=O)CCNC(=O)NCC(F)(F)F. The van der Waals surface area contributed by atoms with Crippen molar-refractivity contribution in [2.75, 3.05) is 24.6 Å². The van der Waals surface area contributed by atoms with E-state index in [2.05, 4.69) is 5.32 Å². The van der Waals surface area contributed by atoms with Crippen LogP contribution in [0.2, 0.25) is 0 Å². The third-order valence-corrected chi connectivity index (χ3v) is 2.69. The van der Waals surface area contributed by atoms with E-state index in [0.717, 1.165) is 0 Å². The Morgan fingerprint density at radius 3 is 2.40 bits per heavy atom. The number of carbonyl (C=O) groups is 1. The number of carbonyl (C=O) groups excluding carboxylic acids is 1. The molecule has 4 nitrogen and oxygen atoms in total. The highest BCUT2D eigenvalue weighted by Gasteiger charge is 2.27. The van der Waals surface area contributed by atoms with Gasteiger partial charge >= 0.3 is 12.2 Å². The highest BCUT2D eigenvalue weighted by molar-refractivity contribution is 7.84. The van der Waals surface area contributed by atoms with Gasteiger partial charge in [0, 0.05) is 28.9 Å². The Hall–Kier alpha value is -0.790. The van der Waals surface area contributed by atoms with Gasteiger partial charge in [0.25, 0.3) is 0 Å². The first-order chi connectivity index (χ1) is 6.85. The van der Waals surface area contributed by atoms with Gasteiger partial charge in [-0.1, -0.05) is 6.92 Å². The molecule has 1 unspecified atom stereocenters. The minimum atomic E-state index is -4.41. The van der Waals surface area contributed by atoms with Gasteiger partial charge in [-0.3, -0.25) is 4.21 Å². The van der Waals surface area contributed by atoms with Crippen LogP contribution in [0.4, 0.5) is 18.0 Å². The summed E-state index contributed by atoms with van der Waals surface area (Å²) in [6.07, 6.45) is -4.41. The van der Waals surface area contributed by atoms with Crippen molar-refractivity contribution in [2.24, 2.45) is 0 Å². The van der Waals surface area contributed by atoms with Gasteiger partial charge in [0.1, 0.15) is 6.54 Å². The second-order valence-electron chi connectivity index (χ2n) is 2.66. The van der Waals surface area contributed by atoms with E-state index < -0.39 is 29.6 Å². The van der Waals surface area contributed by atoms with Crippen molar-refractivity contribution in [1.29, 1.82) is 0 Å². The van der Waals surface area contributed by atoms with Crippen LogP contribution in [0.25, 0.3) is 0 Å². The van der Waals surface area contributed by atoms with Gasteiger partial charge < -0.3 is 10.6 Å². The molecule has 0 saturated heterocycles. The lowest BCUT2D eigenvalue weighted by atomic mass is 10.6. The number of alkyl halides is 3. The molecular weight excluding hydrogens is 233 g/mol. The maximum Gasteiger partial charge on any atom is 0.405 e. The largest absolute Gasteiger partial charge is 0.405 e. The number of amides is 2. The fourth-order valence-electron chi connectivity index (χ4n) is 0.666. The van der Waals surface area contributed by atoms with Crippen LogP contribution in [-0.4, -0.2) is 41.0 Å². The lowest BCUT2D eigenvalue weighted by Gasteiger charge is -2.09. The Kier molecular flexibility index (Phi) is 6.30. The van der Waals surface area contributed by atoms with Crippen molar-refractivity contribution in [1.82, 2.24) is 10.6 Å². The van der Waals surface area contributed by atoms with Gasteiger partial charge in [-0.15, -0.1) is 0 Å². The summed E-state index contributed by atoms with van der Waals surface area (Å²) in [5.74, 6) is 0.710. The second kappa shape index (κ2) is 6.65. The zero-order valence-electron chi connectivity index (χ0n) is 8.19. The van der Waals surface area contributed by atoms with Gasteiger partial charge in [-0.2, -0.15) is 13.2 Å². The molecule has 0 aliphatic carbocycles. The first kappa shape index (κ1) is 14.2. The molecule has 0 rings (SSSR count). The first-order valence-electron chi connectivity index (χ1n) is 4.28. The van der Waals surface area contributed by atoms with Crippen molar-refractivity contribution >= 4 is 16.8 Å². The summed E-state index contributed by atoms with van der Waals surface area (Å²) < 4.78 is 45.8. The molecule has 2 N–H and O–H groups in total. The fourth-order valence-corrected chi connectivity index (χ4v) is 1.28. The maximum atomic E-state index is 11.6. The van der Waals surface area contributed by atoms with Crippen molar-refractivity contribution in [3.05, 3.63) is 0 Å². The van der Waals surface area contributed by atoms with Gasteiger partial charge in [0.2, 0.25) is 0 Å². The number of rotatable bonds is 5. The zero-order chi connectivity index (χ0) is 11.9. The van der Waals surface area contributed by atoms with E-state index in [1.807, 2.05) is 0 Å². The molecule has 0 aliphatic heterocycles. The van der Waals surface area contributed by atoms with Gasteiger partial charge in [-0.05, 0) is 0 Å². The lowest BCUT2D eigenvalue weighted by molar-refractivity contribution is -0.122. The molecule has 0 aromatic heterocycles. The predicted molar refractivity (Wildman–Crippen MR) is 51.0 cm³/mol. The quantitative estimate of drug-likeness (QED) is 0.747. The van der Waals surface area contributed by atoms with Crippen molar-refractivity contribution < 1.29 is 22.2 Å². The van der Waals surface area contributed by atoms with Crippen LogP contribution in [0.3, 0.4) is 0 Å². The zero-order valence-corrected chi connectivity index (χ0v) is 9.00. The highest BCUT2D eigenvalue weighted by atomic mass is 32.2. The first-order valence-corrected chi connectivity index (χ1v) is 5.77. The van der Waals surface area contributed by atoms with E-state index in [0.29, 0.717) is 5.75 Å². The van der Waals surface area contributed by atoms with Crippen molar-refractivity contribution in [2.45, 2.75) is 13.1 Å². The van der Waals surface area contributed by atoms with E-state index in [4.69, 9.17) is 0 Å². The standard InChI is InChI=1S/C7H13F3N2O2S/c1-2-15(14)4-3-11-6(13)12-5-7(8,9)10/h2-5H2,1H3,(H2,11,12,13). The topological polar surface area (TPSA) is 58.2 Å². The Morgan fingerprint density at radius 2 is 1.93 bits per heavy atom. The summed E-state index contributed by atoms with van der Waals surface area (Å²) in [6.45, 7) is 0.458. The van der Waals surface area contributed by atoms with E-state index in [1.54, 1.807) is 12.2 Å². The van der Waals surface area contributed by atoms with E-state index in [9.17, 15) is 22.2 Å². The van der Waals surface area contributed by atoms with Gasteiger partial charge in [0.05, 0.1) is 0 Å². The van der Waals surface area contributed by atoms with Crippen LogP contribution in [0, 0.1) is 0 Å². The number of nitrogens with one attached hydrogen (secondary N) is 2. The number of urea groups is 1. The van der Waals surface area contributed by atoms with Crippen LogP contribution in [0.1, 0.15) is 6.92 Å². The summed E-state index contributed by atoms with van der Waals surface area (Å²) >= 11 is 0. The third-order valence-electron chi connectivity index (χ3n) is 1.39. The highest BCUT2D eigenvalue weighted by Crippen LogP contribution is 2.11. The molecule has 0 saturated carbocycles. The second-order valence-corrected chi connectivity index (χ2v) is 4.52.